The van der Waals surface area contributed by atoms with Gasteiger partial charge in [0, 0.05) is 5.69 Å². The summed E-state index contributed by atoms with van der Waals surface area (Å²) in [6.07, 6.45) is 3.66. The molecule has 1 heterocycles. The molecule has 0 aliphatic carbocycles. The van der Waals surface area contributed by atoms with E-state index in [1.54, 1.807) is 0 Å². The first-order valence-corrected chi connectivity index (χ1v) is 6.25. The lowest BCUT2D eigenvalue weighted by atomic mass is 9.94. The summed E-state index contributed by atoms with van der Waals surface area (Å²) in [5.74, 6) is 0.116. The van der Waals surface area contributed by atoms with Crippen molar-refractivity contribution in [2.45, 2.75) is 39.5 Å². The average molecular weight is 232 g/mol. The number of aryl methyl sites for hydroxylation is 1. The van der Waals surface area contributed by atoms with E-state index in [0.717, 1.165) is 37.1 Å². The molecular formula is C14H20N2O. The van der Waals surface area contributed by atoms with Crippen LogP contribution in [0.3, 0.4) is 0 Å². The van der Waals surface area contributed by atoms with Crippen LogP contribution in [0.4, 0.5) is 5.69 Å². The van der Waals surface area contributed by atoms with Gasteiger partial charge < -0.3 is 11.1 Å². The van der Waals surface area contributed by atoms with E-state index in [0.29, 0.717) is 6.42 Å². The van der Waals surface area contributed by atoms with E-state index < -0.39 is 0 Å². The smallest absolute Gasteiger partial charge is 0.228 e. The second kappa shape index (κ2) is 4.88. The van der Waals surface area contributed by atoms with Crippen molar-refractivity contribution in [1.82, 2.24) is 0 Å². The molecule has 0 atom stereocenters. The van der Waals surface area contributed by atoms with Crippen LogP contribution in [-0.4, -0.2) is 12.5 Å². The number of fused-ring (bicyclic) bond motifs is 1. The predicted molar refractivity (Wildman–Crippen MR) is 70.2 cm³/mol. The highest BCUT2D eigenvalue weighted by Gasteiger charge is 2.22. The zero-order valence-corrected chi connectivity index (χ0v) is 10.6. The molecule has 3 N–H and O–H groups in total. The van der Waals surface area contributed by atoms with Crippen LogP contribution in [0.25, 0.3) is 0 Å². The second-order valence-corrected chi connectivity index (χ2v) is 4.80. The van der Waals surface area contributed by atoms with Crippen molar-refractivity contribution in [3.8, 4) is 0 Å². The number of benzene rings is 1. The number of hydrogen-bond acceptors (Lipinski definition) is 2. The maximum atomic E-state index is 11.5. The third-order valence-corrected chi connectivity index (χ3v) is 3.55. The van der Waals surface area contributed by atoms with Crippen molar-refractivity contribution in [3.05, 3.63) is 28.3 Å². The van der Waals surface area contributed by atoms with Gasteiger partial charge in [0.05, 0.1) is 6.42 Å². The summed E-state index contributed by atoms with van der Waals surface area (Å²) in [5, 5.41) is 2.99. The molecule has 92 valence electrons. The number of carbonyl (C=O) groups is 1. The van der Waals surface area contributed by atoms with Gasteiger partial charge in [-0.15, -0.1) is 0 Å². The summed E-state index contributed by atoms with van der Waals surface area (Å²) in [4.78, 5) is 11.5. The third kappa shape index (κ3) is 2.34. The Morgan fingerprint density at radius 2 is 2.12 bits per heavy atom. The van der Waals surface area contributed by atoms with Gasteiger partial charge in [0.25, 0.3) is 0 Å². The predicted octanol–water partition coefficient (Wildman–Crippen LogP) is 2.08. The van der Waals surface area contributed by atoms with Crippen molar-refractivity contribution < 1.29 is 4.79 Å². The van der Waals surface area contributed by atoms with Crippen molar-refractivity contribution >= 4 is 11.6 Å². The molecule has 1 aliphatic heterocycles. The van der Waals surface area contributed by atoms with Gasteiger partial charge in [0.1, 0.15) is 0 Å². The lowest BCUT2D eigenvalue weighted by Crippen LogP contribution is -2.06. The summed E-state index contributed by atoms with van der Waals surface area (Å²) < 4.78 is 0. The van der Waals surface area contributed by atoms with Crippen LogP contribution >= 0.6 is 0 Å². The van der Waals surface area contributed by atoms with E-state index in [-0.39, 0.29) is 5.91 Å². The normalized spacial score (nSPS) is 13.7. The van der Waals surface area contributed by atoms with Gasteiger partial charge >= 0.3 is 0 Å². The number of nitrogens with one attached hydrogen (secondary N) is 1. The largest absolute Gasteiger partial charge is 0.330 e. The van der Waals surface area contributed by atoms with Gasteiger partial charge in [-0.3, -0.25) is 4.79 Å². The molecule has 0 saturated carbocycles. The quantitative estimate of drug-likeness (QED) is 0.781. The molecule has 1 amide bonds. The Morgan fingerprint density at radius 1 is 1.35 bits per heavy atom. The highest BCUT2D eigenvalue weighted by molar-refractivity contribution is 6.00. The highest BCUT2D eigenvalue weighted by Crippen LogP contribution is 2.32. The maximum Gasteiger partial charge on any atom is 0.228 e. The molecule has 3 heteroatoms. The van der Waals surface area contributed by atoms with Crippen molar-refractivity contribution in [3.63, 3.8) is 0 Å². The van der Waals surface area contributed by atoms with Gasteiger partial charge in [-0.25, -0.2) is 0 Å². The summed E-state index contributed by atoms with van der Waals surface area (Å²) in [7, 11) is 0. The Balaban J connectivity index is 2.32. The first-order valence-electron chi connectivity index (χ1n) is 6.25. The van der Waals surface area contributed by atoms with E-state index in [1.165, 1.54) is 16.7 Å². The van der Waals surface area contributed by atoms with E-state index in [1.807, 2.05) is 0 Å². The topological polar surface area (TPSA) is 55.1 Å². The maximum absolute atomic E-state index is 11.5. The molecule has 1 aliphatic rings. The number of anilines is 1. The van der Waals surface area contributed by atoms with Gasteiger partial charge in [0.2, 0.25) is 5.91 Å². The Bertz CT molecular complexity index is 452. The van der Waals surface area contributed by atoms with Crippen LogP contribution in [0.2, 0.25) is 0 Å². The molecule has 0 bridgehead atoms. The Labute approximate surface area is 102 Å². The molecule has 17 heavy (non-hydrogen) atoms. The summed E-state index contributed by atoms with van der Waals surface area (Å²) in [6.45, 7) is 4.99. The Morgan fingerprint density at radius 3 is 2.82 bits per heavy atom. The fraction of sp³-hybridized carbons (Fsp3) is 0.500. The minimum Gasteiger partial charge on any atom is -0.330 e. The van der Waals surface area contributed by atoms with Crippen LogP contribution in [0.1, 0.15) is 35.1 Å². The van der Waals surface area contributed by atoms with Gasteiger partial charge in [-0.05, 0) is 61.9 Å². The molecule has 0 saturated heterocycles. The molecule has 0 radical (unpaired) electrons. The summed E-state index contributed by atoms with van der Waals surface area (Å²) in [6, 6.07) is 2.13. The van der Waals surface area contributed by atoms with Gasteiger partial charge in [0.15, 0.2) is 0 Å². The van der Waals surface area contributed by atoms with Gasteiger partial charge in [-0.2, -0.15) is 0 Å². The van der Waals surface area contributed by atoms with E-state index in [9.17, 15) is 4.79 Å². The molecule has 1 aromatic carbocycles. The lowest BCUT2D eigenvalue weighted by molar-refractivity contribution is -0.115. The molecule has 1 aromatic rings. The fourth-order valence-electron chi connectivity index (χ4n) is 2.47. The van der Waals surface area contributed by atoms with Crippen LogP contribution in [0.5, 0.6) is 0 Å². The number of unbranched alkanes of at least 4 members (excludes halogenated alkanes) is 1. The first kappa shape index (κ1) is 12.1. The van der Waals surface area contributed by atoms with E-state index in [4.69, 9.17) is 5.73 Å². The molecule has 3 nitrogen and oxygen atoms in total. The molecule has 2 rings (SSSR count). The van der Waals surface area contributed by atoms with Crippen LogP contribution in [0, 0.1) is 13.8 Å². The average Bonchev–Trinajstić information content (AvgIpc) is 2.64. The molecule has 0 aromatic heterocycles. The van der Waals surface area contributed by atoms with Crippen molar-refractivity contribution in [2.75, 3.05) is 11.9 Å². The minimum absolute atomic E-state index is 0.116. The van der Waals surface area contributed by atoms with Crippen molar-refractivity contribution in [2.24, 2.45) is 5.73 Å². The number of hydrogen-bond donors (Lipinski definition) is 2. The number of carbonyl (C=O) groups excluding carboxylic acids is 1. The number of amides is 1. The zero-order chi connectivity index (χ0) is 12.4. The second-order valence-electron chi connectivity index (χ2n) is 4.80. The number of nitrogens with two attached hydrogens (primary N) is 1. The van der Waals surface area contributed by atoms with Crippen LogP contribution < -0.4 is 11.1 Å². The van der Waals surface area contributed by atoms with E-state index >= 15 is 0 Å². The Kier molecular flexibility index (Phi) is 3.48. The monoisotopic (exact) mass is 232 g/mol. The first-order chi connectivity index (χ1) is 8.13. The fourth-order valence-corrected chi connectivity index (χ4v) is 2.47. The van der Waals surface area contributed by atoms with Crippen LogP contribution in [-0.2, 0) is 17.6 Å². The summed E-state index contributed by atoms with van der Waals surface area (Å²) in [5.41, 5.74) is 11.6. The summed E-state index contributed by atoms with van der Waals surface area (Å²) >= 11 is 0. The zero-order valence-electron chi connectivity index (χ0n) is 10.6. The SMILES string of the molecule is Cc1cc2c(c(CCCCN)c1C)NC(=O)C2. The third-order valence-electron chi connectivity index (χ3n) is 3.55. The highest BCUT2D eigenvalue weighted by atomic mass is 16.1. The van der Waals surface area contributed by atoms with Gasteiger partial charge in [-0.1, -0.05) is 6.07 Å². The Hall–Kier alpha value is -1.35. The molecule has 0 unspecified atom stereocenters. The van der Waals surface area contributed by atoms with E-state index in [2.05, 4.69) is 25.2 Å². The molecular weight excluding hydrogens is 212 g/mol. The van der Waals surface area contributed by atoms with Crippen molar-refractivity contribution in [1.29, 1.82) is 0 Å². The molecule has 0 spiro atoms. The number of rotatable bonds is 4. The molecule has 0 fully saturated rings. The minimum atomic E-state index is 0.116. The standard InChI is InChI=1S/C14H20N2O/c1-9-7-11-8-13(17)16-14(11)12(10(9)2)5-3-4-6-15/h7H,3-6,8,15H2,1-2H3,(H,16,17). The van der Waals surface area contributed by atoms with Crippen LogP contribution in [0.15, 0.2) is 6.07 Å². The lowest BCUT2D eigenvalue weighted by Gasteiger charge is -2.14.